The van der Waals surface area contributed by atoms with E-state index in [2.05, 4.69) is 15.5 Å². The van der Waals surface area contributed by atoms with E-state index in [1.165, 1.54) is 0 Å². The molecule has 2 aromatic rings. The van der Waals surface area contributed by atoms with Gasteiger partial charge >= 0.3 is 6.03 Å². The maximum atomic E-state index is 12.9. The van der Waals surface area contributed by atoms with Crippen LogP contribution in [0, 0.1) is 0 Å². The molecular formula is C22H26N4O4. The van der Waals surface area contributed by atoms with Crippen molar-refractivity contribution in [3.63, 3.8) is 0 Å². The van der Waals surface area contributed by atoms with E-state index in [-0.39, 0.29) is 12.3 Å². The predicted octanol–water partition coefficient (Wildman–Crippen LogP) is 1.49. The number of hydrogen-bond donors (Lipinski definition) is 2. The Hall–Kier alpha value is -2.97. The number of hydrogen-bond acceptors (Lipinski definition) is 5. The largest absolute Gasteiger partial charge is 0.379 e. The molecule has 1 atom stereocenters. The number of ether oxygens (including phenoxy) is 1. The van der Waals surface area contributed by atoms with Crippen LogP contribution < -0.4 is 15.5 Å². The lowest BCUT2D eigenvalue weighted by molar-refractivity contribution is -0.125. The van der Waals surface area contributed by atoms with Gasteiger partial charge in [0.1, 0.15) is 6.04 Å². The second kappa shape index (κ2) is 9.23. The maximum Gasteiger partial charge on any atom is 0.329 e. The average Bonchev–Trinajstić information content (AvgIpc) is 3.04. The summed E-state index contributed by atoms with van der Waals surface area (Å²) in [7, 11) is 0. The van der Waals surface area contributed by atoms with E-state index >= 15 is 0 Å². The first kappa shape index (κ1) is 20.3. The molecule has 2 aromatic carbocycles. The second-order valence-corrected chi connectivity index (χ2v) is 7.54. The molecule has 2 saturated heterocycles. The number of benzene rings is 2. The van der Waals surface area contributed by atoms with Crippen molar-refractivity contribution in [1.29, 1.82) is 0 Å². The highest BCUT2D eigenvalue weighted by molar-refractivity contribution is 6.24. The van der Waals surface area contributed by atoms with E-state index < -0.39 is 18.0 Å². The molecule has 0 radical (unpaired) electrons. The lowest BCUT2D eigenvalue weighted by atomic mass is 10.1. The van der Waals surface area contributed by atoms with Gasteiger partial charge in [0, 0.05) is 25.0 Å². The van der Waals surface area contributed by atoms with Gasteiger partial charge in [-0.05, 0) is 24.4 Å². The summed E-state index contributed by atoms with van der Waals surface area (Å²) in [6.07, 6.45) is 0.766. The van der Waals surface area contributed by atoms with E-state index in [0.717, 1.165) is 54.9 Å². The number of urea groups is 1. The molecule has 8 heteroatoms. The van der Waals surface area contributed by atoms with Crippen LogP contribution in [0.15, 0.2) is 42.5 Å². The van der Waals surface area contributed by atoms with Gasteiger partial charge in [-0.2, -0.15) is 0 Å². The molecule has 4 amide bonds. The van der Waals surface area contributed by atoms with Gasteiger partial charge in [0.25, 0.3) is 5.91 Å². The molecule has 0 spiro atoms. The van der Waals surface area contributed by atoms with Crippen molar-refractivity contribution in [1.82, 2.24) is 15.5 Å². The number of carbonyl (C=O) groups excluding carboxylic acids is 3. The molecule has 30 heavy (non-hydrogen) atoms. The normalized spacial score (nSPS) is 19.9. The van der Waals surface area contributed by atoms with Crippen LogP contribution in [-0.2, 0) is 14.3 Å². The molecule has 0 saturated carbocycles. The third kappa shape index (κ3) is 4.44. The zero-order valence-corrected chi connectivity index (χ0v) is 16.8. The number of rotatable bonds is 7. The van der Waals surface area contributed by atoms with Gasteiger partial charge in [-0.3, -0.25) is 14.5 Å². The third-order valence-corrected chi connectivity index (χ3v) is 5.49. The summed E-state index contributed by atoms with van der Waals surface area (Å²) < 4.78 is 5.32. The summed E-state index contributed by atoms with van der Waals surface area (Å²) >= 11 is 0. The quantitative estimate of drug-likeness (QED) is 0.533. The molecule has 2 aliphatic rings. The lowest BCUT2D eigenvalue weighted by Gasteiger charge is -2.26. The lowest BCUT2D eigenvalue weighted by Crippen LogP contribution is -2.39. The van der Waals surface area contributed by atoms with Gasteiger partial charge in [0.15, 0.2) is 0 Å². The fourth-order valence-electron chi connectivity index (χ4n) is 3.91. The van der Waals surface area contributed by atoms with Crippen LogP contribution in [0.2, 0.25) is 0 Å². The molecule has 0 aromatic heterocycles. The second-order valence-electron chi connectivity index (χ2n) is 7.54. The van der Waals surface area contributed by atoms with Crippen molar-refractivity contribution < 1.29 is 19.1 Å². The number of amides is 4. The van der Waals surface area contributed by atoms with Crippen molar-refractivity contribution in [2.75, 3.05) is 44.3 Å². The summed E-state index contributed by atoms with van der Waals surface area (Å²) in [6.45, 7) is 4.78. The summed E-state index contributed by atoms with van der Waals surface area (Å²) in [4.78, 5) is 41.1. The number of imide groups is 1. The zero-order valence-electron chi connectivity index (χ0n) is 16.8. The Morgan fingerprint density at radius 2 is 1.87 bits per heavy atom. The number of anilines is 1. The van der Waals surface area contributed by atoms with Crippen molar-refractivity contribution in [2.45, 2.75) is 18.9 Å². The van der Waals surface area contributed by atoms with Crippen LogP contribution in [0.3, 0.4) is 0 Å². The first-order valence-corrected chi connectivity index (χ1v) is 10.3. The van der Waals surface area contributed by atoms with Crippen LogP contribution in [0.4, 0.5) is 10.5 Å². The van der Waals surface area contributed by atoms with E-state index in [0.29, 0.717) is 12.2 Å². The SMILES string of the molecule is O=C(CC1NC(=O)N(c2cccc3ccccc23)C1=O)NCCCN1CCOCC1. The van der Waals surface area contributed by atoms with Crippen LogP contribution in [0.5, 0.6) is 0 Å². The highest BCUT2D eigenvalue weighted by atomic mass is 16.5. The molecule has 0 bridgehead atoms. The summed E-state index contributed by atoms with van der Waals surface area (Å²) in [5, 5.41) is 7.25. The number of carbonyl (C=O) groups is 3. The topological polar surface area (TPSA) is 91.0 Å². The Balaban J connectivity index is 1.32. The van der Waals surface area contributed by atoms with Crippen molar-refractivity contribution in [3.05, 3.63) is 42.5 Å². The molecule has 0 aliphatic carbocycles. The van der Waals surface area contributed by atoms with E-state index in [1.54, 1.807) is 6.07 Å². The number of nitrogens with zero attached hydrogens (tertiary/aromatic N) is 2. The standard InChI is InChI=1S/C22H26N4O4/c27-20(23-9-4-10-25-11-13-30-14-12-25)15-18-21(28)26(22(29)24-18)19-8-3-6-16-5-1-2-7-17(16)19/h1-3,5-8,18H,4,9-15H2,(H,23,27)(H,24,29). The first-order valence-electron chi connectivity index (χ1n) is 10.3. The van der Waals surface area contributed by atoms with Gasteiger partial charge in [0.2, 0.25) is 5.91 Å². The molecule has 2 heterocycles. The number of nitrogens with one attached hydrogen (secondary N) is 2. The molecule has 158 valence electrons. The van der Waals surface area contributed by atoms with Crippen LogP contribution in [-0.4, -0.2) is 68.2 Å². The minimum atomic E-state index is -0.851. The molecule has 2 N–H and O–H groups in total. The van der Waals surface area contributed by atoms with E-state index in [4.69, 9.17) is 4.74 Å². The van der Waals surface area contributed by atoms with E-state index in [1.807, 2.05) is 36.4 Å². The van der Waals surface area contributed by atoms with Crippen LogP contribution in [0.25, 0.3) is 10.8 Å². The summed E-state index contributed by atoms with van der Waals surface area (Å²) in [5.74, 6) is -0.643. The minimum Gasteiger partial charge on any atom is -0.379 e. The smallest absolute Gasteiger partial charge is 0.329 e. The highest BCUT2D eigenvalue weighted by Crippen LogP contribution is 2.29. The molecule has 2 aliphatic heterocycles. The minimum absolute atomic E-state index is 0.0661. The Labute approximate surface area is 175 Å². The molecular weight excluding hydrogens is 384 g/mol. The van der Waals surface area contributed by atoms with Gasteiger partial charge in [0.05, 0.1) is 25.3 Å². The fraction of sp³-hybridized carbons (Fsp3) is 0.409. The predicted molar refractivity (Wildman–Crippen MR) is 113 cm³/mol. The van der Waals surface area contributed by atoms with E-state index in [9.17, 15) is 14.4 Å². The molecule has 1 unspecified atom stereocenters. The van der Waals surface area contributed by atoms with Crippen LogP contribution >= 0.6 is 0 Å². The van der Waals surface area contributed by atoms with Gasteiger partial charge < -0.3 is 15.4 Å². The zero-order chi connectivity index (χ0) is 20.9. The third-order valence-electron chi connectivity index (χ3n) is 5.49. The Morgan fingerprint density at radius 3 is 2.70 bits per heavy atom. The van der Waals surface area contributed by atoms with Crippen LogP contribution in [0.1, 0.15) is 12.8 Å². The Kier molecular flexibility index (Phi) is 6.25. The molecule has 8 nitrogen and oxygen atoms in total. The number of fused-ring (bicyclic) bond motifs is 1. The van der Waals surface area contributed by atoms with Gasteiger partial charge in [-0.15, -0.1) is 0 Å². The summed E-state index contributed by atoms with van der Waals surface area (Å²) in [6, 6.07) is 11.7. The van der Waals surface area contributed by atoms with Crippen molar-refractivity contribution in [2.24, 2.45) is 0 Å². The maximum absolute atomic E-state index is 12.9. The van der Waals surface area contributed by atoms with Crippen molar-refractivity contribution >= 4 is 34.3 Å². The monoisotopic (exact) mass is 410 g/mol. The summed E-state index contributed by atoms with van der Waals surface area (Å²) in [5.41, 5.74) is 0.531. The van der Waals surface area contributed by atoms with Gasteiger partial charge in [-0.25, -0.2) is 9.69 Å². The molecule has 2 fully saturated rings. The Bertz CT molecular complexity index is 936. The fourth-order valence-corrected chi connectivity index (χ4v) is 3.91. The molecule has 4 rings (SSSR count). The number of morpholine rings is 1. The van der Waals surface area contributed by atoms with Crippen molar-refractivity contribution in [3.8, 4) is 0 Å². The van der Waals surface area contributed by atoms with Gasteiger partial charge in [-0.1, -0.05) is 36.4 Å². The first-order chi connectivity index (χ1) is 14.6. The highest BCUT2D eigenvalue weighted by Gasteiger charge is 2.40. The average molecular weight is 410 g/mol. The Morgan fingerprint density at radius 1 is 1.10 bits per heavy atom.